The molecule has 3 saturated heterocycles. The molecule has 7 heterocycles. The maximum Gasteiger partial charge on any atom is 0.247 e. The second-order valence-electron chi connectivity index (χ2n) is 31.3. The third-order valence-corrected chi connectivity index (χ3v) is 29.2. The van der Waals surface area contributed by atoms with E-state index in [1.165, 1.54) is 34.2 Å². The van der Waals surface area contributed by atoms with Crippen LogP contribution in [0.2, 0.25) is 0 Å². The molecule has 9 N–H and O–H groups in total. The van der Waals surface area contributed by atoms with E-state index in [-0.39, 0.29) is 90.7 Å². The van der Waals surface area contributed by atoms with Crippen LogP contribution in [0, 0.1) is 17.8 Å². The lowest BCUT2D eigenvalue weighted by Crippen LogP contribution is -2.57. The number of hydrogen-bond acceptors (Lipinski definition) is 24. The number of anilines is 4. The lowest BCUT2D eigenvalue weighted by atomic mass is 9.83. The predicted octanol–water partition coefficient (Wildman–Crippen LogP) is 9.02. The molecule has 3 aromatic carbocycles. The Balaban J connectivity index is 0.000000175. The van der Waals surface area contributed by atoms with Crippen molar-refractivity contribution in [3.8, 4) is 38.9 Å². The molecule has 7 aromatic rings. The van der Waals surface area contributed by atoms with E-state index in [1.54, 1.807) is 82.7 Å². The largest absolute Gasteiger partial charge is 0.372 e. The highest BCUT2D eigenvalue weighted by molar-refractivity contribution is 8.09. The molecule has 638 valence electrons. The molecule has 8 amide bonds. The second kappa shape index (κ2) is 42.2. The van der Waals surface area contributed by atoms with Gasteiger partial charge < -0.3 is 62.6 Å². The van der Waals surface area contributed by atoms with Crippen LogP contribution in [0.15, 0.2) is 110 Å². The highest BCUT2D eigenvalue weighted by Gasteiger charge is 2.45. The van der Waals surface area contributed by atoms with Gasteiger partial charge in [-0.1, -0.05) is 176 Å². The number of nitrogens with one attached hydrogen (secondary N) is 9. The van der Waals surface area contributed by atoms with Gasteiger partial charge in [-0.25, -0.2) is 31.8 Å². The molecule has 4 aromatic heterocycles. The number of aromatic nitrogens is 6. The van der Waals surface area contributed by atoms with Crippen LogP contribution in [0.25, 0.3) is 38.9 Å². The van der Waals surface area contributed by atoms with Gasteiger partial charge in [0.05, 0.1) is 30.6 Å². The number of benzene rings is 3. The van der Waals surface area contributed by atoms with Crippen LogP contribution in [0.3, 0.4) is 0 Å². The maximum atomic E-state index is 14.0. The minimum absolute atomic E-state index is 0.0414. The number of thiazole rings is 2. The van der Waals surface area contributed by atoms with Crippen LogP contribution in [0.1, 0.15) is 156 Å². The minimum Gasteiger partial charge on any atom is -0.372 e. The summed E-state index contributed by atoms with van der Waals surface area (Å²) in [7, 11) is -3.39. The number of sulfonamides is 2. The summed E-state index contributed by atoms with van der Waals surface area (Å²) in [5.74, 6) is -1.50. The number of nitrogens with zero attached hydrogens (tertiary/aromatic N) is 10. The van der Waals surface area contributed by atoms with Crippen LogP contribution in [0.4, 0.5) is 20.1 Å². The molecular weight excluding hydrogens is 1600 g/mol. The molecule has 9 atom stereocenters. The smallest absolute Gasteiger partial charge is 0.247 e. The summed E-state index contributed by atoms with van der Waals surface area (Å²) in [6, 6.07) is 23.9. The van der Waals surface area contributed by atoms with Crippen LogP contribution in [-0.2, 0) is 58.4 Å². The lowest BCUT2D eigenvalue weighted by molar-refractivity contribution is -0.142. The first-order chi connectivity index (χ1) is 56.8. The normalized spacial score (nSPS) is 19.7. The van der Waals surface area contributed by atoms with E-state index in [9.17, 15) is 55.2 Å². The molecule has 118 heavy (non-hydrogen) atoms. The number of carbonyl (C=O) groups excluding carboxylic acids is 8. The number of carbonyl (C=O) groups is 8. The number of hydrogen-bond donors (Lipinski definition) is 9. The van der Waals surface area contributed by atoms with Gasteiger partial charge in [0.2, 0.25) is 72.4 Å². The molecule has 6 fully saturated rings. The van der Waals surface area contributed by atoms with Gasteiger partial charge in [0.1, 0.15) is 68.6 Å². The van der Waals surface area contributed by atoms with E-state index >= 15 is 0 Å². The molecule has 6 aliphatic rings. The SMILES string of the molecule is CN[C@@H](C)C(=O)N[C@H](C(=O)N1CCC[C@H]1C(=O)Nc1sc(-n2ccnc2)nc1-c1ccccc1)C1CCCCC1.CN[C@@H](C)C(=O)N[C@H](C(=O)N1CCC[C@H]1C(=O)Nc1sc(N(S(C)(=O)=O)S(C)(=O)=O)nc1-c1ccccc1)C1CCCCC1.CN[C@@H](C)C(=O)N[C@H](C(=O)N1CCC[C@H]1CNc1snnc1-c1ccccc1)C1CCCCC1. The van der Waals surface area contributed by atoms with Crippen molar-refractivity contribution in [2.45, 2.75) is 210 Å². The summed E-state index contributed by atoms with van der Waals surface area (Å²) in [5.41, 5.74) is 4.16. The van der Waals surface area contributed by atoms with Crippen LogP contribution in [-0.4, -0.2) is 222 Å². The lowest BCUT2D eigenvalue weighted by Gasteiger charge is -2.35. The fourth-order valence-electron chi connectivity index (χ4n) is 16.4. The molecule has 31 nitrogen and oxygen atoms in total. The first-order valence-corrected chi connectivity index (χ1v) is 47.3. The summed E-state index contributed by atoms with van der Waals surface area (Å²) < 4.78 is 56.0. The van der Waals surface area contributed by atoms with E-state index in [0.29, 0.717) is 71.6 Å². The molecule has 0 bridgehead atoms. The molecular formula is C82H113N19O12S5. The highest BCUT2D eigenvalue weighted by Crippen LogP contribution is 2.42. The third-order valence-electron chi connectivity index (χ3n) is 23.2. The third kappa shape index (κ3) is 22.8. The van der Waals surface area contributed by atoms with Gasteiger partial charge in [-0.2, -0.15) is 0 Å². The Morgan fingerprint density at radius 2 is 0.864 bits per heavy atom. The van der Waals surface area contributed by atoms with Crippen molar-refractivity contribution in [2.75, 3.05) is 79.5 Å². The molecule has 0 radical (unpaired) electrons. The standard InChI is InChI=1S/C29H37N7O3S.C28H40N6O7S3.C25H36N6O2S/c1-19(30-2)25(37)32-24(21-12-7-4-8-13-21)28(39)36-16-9-14-22(36)26(38)34-27-23(20-10-5-3-6-11-20)33-29(40-27)35-17-15-31-18-35;1-18(29-2)24(35)30-23(20-14-9-6-10-15-20)27(37)33-17-11-16-21(33)25(36)32-26-22(19-12-7-5-8-13-19)31-28(42-26)34(43(3,38)39)44(4,40)41;1-17(26-2)23(32)28-22(19-12-7-4-8-13-19)25(33)31-15-9-14-20(31)16-27-24-21(29-30-34-24)18-10-5-3-6-11-18/h3,5-6,10-11,15,17-19,21-22,24,30H,4,7-9,12-14,16H2,1-2H3,(H,32,37)(H,34,38);5,7-8,12-13,18,20-21,23,29H,6,9-11,14-17H2,1-4H3,(H,30,35)(H,32,36);3,5-6,10-11,17,19-20,22,26-27H,4,7-9,12-16H2,1-2H3,(H,28,32)/t19-,22-,24-;18-,21-,23-;17-,20-,22-/m000/s1. The maximum absolute atomic E-state index is 14.0. The fourth-order valence-corrected chi connectivity index (χ4v) is 22.4. The van der Waals surface area contributed by atoms with Crippen molar-refractivity contribution < 1.29 is 55.2 Å². The number of likely N-dealkylation sites (tertiary alicyclic amines) is 3. The first kappa shape index (κ1) is 89.6. The fraction of sp³-hybridized carbons (Fsp3) is 0.549. The summed E-state index contributed by atoms with van der Waals surface area (Å²) in [6.07, 6.45) is 26.0. The average molecular weight is 1720 g/mol. The van der Waals surface area contributed by atoms with E-state index in [1.807, 2.05) is 83.3 Å². The summed E-state index contributed by atoms with van der Waals surface area (Å²) in [4.78, 5) is 126. The van der Waals surface area contributed by atoms with Crippen molar-refractivity contribution in [2.24, 2.45) is 17.8 Å². The van der Waals surface area contributed by atoms with Gasteiger partial charge in [-0.15, -0.1) is 8.81 Å². The monoisotopic (exact) mass is 1720 g/mol. The number of rotatable bonds is 29. The van der Waals surface area contributed by atoms with Crippen LogP contribution in [0.5, 0.6) is 0 Å². The number of likely N-dealkylation sites (N-methyl/N-ethyl adjacent to an activating group) is 3. The van der Waals surface area contributed by atoms with E-state index < -0.39 is 68.2 Å². The minimum atomic E-state index is -4.28. The molecule has 3 aliphatic heterocycles. The molecule has 0 unspecified atom stereocenters. The predicted molar refractivity (Wildman–Crippen MR) is 461 cm³/mol. The summed E-state index contributed by atoms with van der Waals surface area (Å²) in [5, 5.41) is 33.7. The van der Waals surface area contributed by atoms with Crippen LogP contribution < -0.4 is 51.6 Å². The highest BCUT2D eigenvalue weighted by atomic mass is 32.3. The van der Waals surface area contributed by atoms with Crippen molar-refractivity contribution >= 4 is 122 Å². The Labute approximate surface area is 703 Å². The van der Waals surface area contributed by atoms with Gasteiger partial charge >= 0.3 is 0 Å². The molecule has 0 spiro atoms. The van der Waals surface area contributed by atoms with Crippen LogP contribution >= 0.6 is 34.2 Å². The molecule has 13 rings (SSSR count). The van der Waals surface area contributed by atoms with Gasteiger partial charge in [-0.05, 0) is 137 Å². The number of imidazole rings is 1. The zero-order valence-corrected chi connectivity index (χ0v) is 72.5. The Morgan fingerprint density at radius 3 is 1.27 bits per heavy atom. The first-order valence-electron chi connectivity index (χ1n) is 41.2. The molecule has 3 aliphatic carbocycles. The summed E-state index contributed by atoms with van der Waals surface area (Å²) >= 11 is 3.42. The van der Waals surface area contributed by atoms with Crippen molar-refractivity contribution in [1.82, 2.24) is 75.7 Å². The van der Waals surface area contributed by atoms with Gasteiger partial charge in [-0.3, -0.25) is 42.9 Å². The Bertz CT molecular complexity index is 4720. The number of amides is 8. The average Bonchev–Trinajstić information content (AvgIpc) is 1.58. The van der Waals surface area contributed by atoms with E-state index in [4.69, 9.17) is 4.98 Å². The summed E-state index contributed by atoms with van der Waals surface area (Å²) in [6.45, 7) is 7.53. The zero-order valence-electron chi connectivity index (χ0n) is 68.4. The van der Waals surface area contributed by atoms with Crippen molar-refractivity contribution in [1.29, 1.82) is 0 Å². The Hall–Kier alpha value is -9.17. The zero-order chi connectivity index (χ0) is 84.2. The quantitative estimate of drug-likeness (QED) is 0.0211. The second-order valence-corrected chi connectivity index (χ2v) is 37.9. The van der Waals surface area contributed by atoms with Crippen molar-refractivity contribution in [3.05, 3.63) is 110 Å². The Morgan fingerprint density at radius 1 is 0.475 bits per heavy atom. The van der Waals surface area contributed by atoms with Gasteiger partial charge in [0, 0.05) is 72.8 Å². The molecule has 36 heteroatoms. The van der Waals surface area contributed by atoms with E-state index in [0.717, 1.165) is 150 Å². The van der Waals surface area contributed by atoms with Gasteiger partial charge in [0.25, 0.3) is 0 Å². The van der Waals surface area contributed by atoms with Crippen molar-refractivity contribution in [3.63, 3.8) is 0 Å². The van der Waals surface area contributed by atoms with Gasteiger partial charge in [0.15, 0.2) is 5.13 Å². The Kier molecular flexibility index (Phi) is 32.0. The molecule has 3 saturated carbocycles. The topological polar surface area (TPSA) is 395 Å². The van der Waals surface area contributed by atoms with E-state index in [2.05, 4.69) is 67.4 Å².